The van der Waals surface area contributed by atoms with Crippen molar-refractivity contribution in [1.29, 1.82) is 0 Å². The van der Waals surface area contributed by atoms with Gasteiger partial charge >= 0.3 is 17.0 Å². The van der Waals surface area contributed by atoms with E-state index in [4.69, 9.17) is 4.74 Å². The Hall–Kier alpha value is -1.39. The van der Waals surface area contributed by atoms with Crippen LogP contribution in [0.2, 0.25) is 0 Å². The monoisotopic (exact) mass is 522 g/mol. The second-order valence-corrected chi connectivity index (χ2v) is 10.7. The number of hydrogen-bond acceptors (Lipinski definition) is 6. The number of ether oxygens (including phenoxy) is 1. The molecule has 0 aromatic heterocycles. The number of carbonyl (C=O) groups excluding carboxylic acids is 1. The summed E-state index contributed by atoms with van der Waals surface area (Å²) in [5, 5.41) is 0. The Morgan fingerprint density at radius 3 is 1.66 bits per heavy atom. The summed E-state index contributed by atoms with van der Waals surface area (Å²) in [4.78, 5) is 11.2. The van der Waals surface area contributed by atoms with E-state index in [0.29, 0.717) is 12.2 Å². The smallest absolute Gasteiger partial charge is 0.462 e. The molecule has 192 valence electrons. The maximum atomic E-state index is 11.4. The van der Waals surface area contributed by atoms with E-state index in [1.807, 2.05) is 0 Å². The highest BCUT2D eigenvalue weighted by molar-refractivity contribution is 8.13. The zero-order chi connectivity index (χ0) is 26.0. The zero-order valence-electron chi connectivity index (χ0n) is 18.1. The Labute approximate surface area is 184 Å². The SMILES string of the molecule is C=C(C)C(=O)OCCC[N+](C)(C)CCCCC.O=S(=O)([N-]S(=O)(=O)C(F)(F)F)C(F)(F)F. The summed E-state index contributed by atoms with van der Waals surface area (Å²) in [5.74, 6) is -0.277. The van der Waals surface area contributed by atoms with Crippen molar-refractivity contribution in [1.82, 2.24) is 0 Å². The minimum absolute atomic E-state index is 0.277. The van der Waals surface area contributed by atoms with Gasteiger partial charge in [0.2, 0.25) is 0 Å². The molecule has 0 spiro atoms. The fourth-order valence-electron chi connectivity index (χ4n) is 1.90. The molecule has 0 atom stereocenters. The molecular formula is C16H28F6N2O6S2. The molecule has 0 bridgehead atoms. The summed E-state index contributed by atoms with van der Waals surface area (Å²) in [7, 11) is -8.98. The van der Waals surface area contributed by atoms with Crippen LogP contribution in [-0.4, -0.2) is 72.1 Å². The predicted octanol–water partition coefficient (Wildman–Crippen LogP) is 3.82. The molecule has 32 heavy (non-hydrogen) atoms. The van der Waals surface area contributed by atoms with Crippen LogP contribution < -0.4 is 0 Å². The summed E-state index contributed by atoms with van der Waals surface area (Å²) in [5.41, 5.74) is -11.9. The number of hydrogen-bond donors (Lipinski definition) is 0. The van der Waals surface area contributed by atoms with Crippen molar-refractivity contribution >= 4 is 26.0 Å². The lowest BCUT2D eigenvalue weighted by molar-refractivity contribution is -0.890. The number of rotatable bonds is 11. The van der Waals surface area contributed by atoms with E-state index in [1.54, 1.807) is 6.92 Å². The summed E-state index contributed by atoms with van der Waals surface area (Å²) in [6, 6.07) is 0. The number of carbonyl (C=O) groups is 1. The molecule has 0 radical (unpaired) electrons. The van der Waals surface area contributed by atoms with Gasteiger partial charge in [-0.2, -0.15) is 26.3 Å². The molecule has 0 aromatic rings. The standard InChI is InChI=1S/C14H28NO2.C2F6NO4S2/c1-6-7-8-10-15(4,5)11-9-12-17-14(16)13(2)3;3-1(4,5)14(10,11)9-15(12,13)2(6,7)8/h2,6-12H2,1,3-5H3;/q+1;-1. The van der Waals surface area contributed by atoms with Crippen molar-refractivity contribution in [2.24, 2.45) is 0 Å². The molecule has 0 fully saturated rings. The molecule has 0 N–H and O–H groups in total. The molecule has 8 nitrogen and oxygen atoms in total. The van der Waals surface area contributed by atoms with Crippen LogP contribution in [0.3, 0.4) is 0 Å². The van der Waals surface area contributed by atoms with Crippen LogP contribution in [-0.2, 0) is 29.6 Å². The average molecular weight is 523 g/mol. The first-order chi connectivity index (χ1) is 14.1. The van der Waals surface area contributed by atoms with Crippen LogP contribution >= 0.6 is 0 Å². The zero-order valence-corrected chi connectivity index (χ0v) is 19.7. The third-order valence-electron chi connectivity index (χ3n) is 3.64. The fourth-order valence-corrected chi connectivity index (χ4v) is 3.61. The Balaban J connectivity index is 0. The van der Waals surface area contributed by atoms with E-state index in [1.165, 1.54) is 25.8 Å². The normalized spacial score (nSPS) is 13.2. The Morgan fingerprint density at radius 2 is 1.31 bits per heavy atom. The number of nitrogens with zero attached hydrogens (tertiary/aromatic N) is 2. The number of esters is 1. The Kier molecular flexibility index (Phi) is 13.1. The third kappa shape index (κ3) is 13.2. The third-order valence-corrected chi connectivity index (χ3v) is 6.38. The molecule has 0 saturated heterocycles. The molecule has 16 heteroatoms. The molecule has 0 aliphatic carbocycles. The molecule has 0 rings (SSSR count). The van der Waals surface area contributed by atoms with Gasteiger partial charge in [-0.25, -0.2) is 21.6 Å². The van der Waals surface area contributed by atoms with Crippen LogP contribution in [0.25, 0.3) is 4.13 Å². The van der Waals surface area contributed by atoms with Crippen molar-refractivity contribution in [3.63, 3.8) is 0 Å². The number of quaternary nitrogens is 1. The van der Waals surface area contributed by atoms with Crippen molar-refractivity contribution in [3.8, 4) is 0 Å². The van der Waals surface area contributed by atoms with Gasteiger partial charge < -0.3 is 13.3 Å². The molecule has 0 aromatic carbocycles. The Bertz CT molecular complexity index is 779. The van der Waals surface area contributed by atoms with Gasteiger partial charge in [-0.15, -0.1) is 0 Å². The van der Waals surface area contributed by atoms with E-state index in [0.717, 1.165) is 21.6 Å². The number of halogens is 6. The summed E-state index contributed by atoms with van der Waals surface area (Å²) >= 11 is 0. The topological polar surface area (TPSA) is 109 Å². The van der Waals surface area contributed by atoms with Crippen molar-refractivity contribution in [2.75, 3.05) is 33.8 Å². The molecule has 0 unspecified atom stereocenters. The van der Waals surface area contributed by atoms with Gasteiger partial charge in [-0.05, 0) is 19.8 Å². The largest absolute Gasteiger partial charge is 0.480 e. The van der Waals surface area contributed by atoms with E-state index in [-0.39, 0.29) is 5.97 Å². The minimum atomic E-state index is -6.72. The van der Waals surface area contributed by atoms with Crippen LogP contribution in [0.1, 0.15) is 39.5 Å². The Morgan fingerprint density at radius 1 is 0.906 bits per heavy atom. The highest BCUT2D eigenvalue weighted by atomic mass is 32.3. The van der Waals surface area contributed by atoms with E-state index in [9.17, 15) is 48.0 Å². The van der Waals surface area contributed by atoms with Gasteiger partial charge in [-0.3, -0.25) is 0 Å². The molecule has 0 amide bonds. The van der Waals surface area contributed by atoms with Crippen LogP contribution in [0.4, 0.5) is 26.3 Å². The molecule has 0 aliphatic rings. The van der Waals surface area contributed by atoms with Gasteiger partial charge in [0, 0.05) is 12.0 Å². The van der Waals surface area contributed by atoms with Gasteiger partial charge in [0.15, 0.2) is 20.0 Å². The number of sulfonamides is 2. The second kappa shape index (κ2) is 12.7. The van der Waals surface area contributed by atoms with Crippen LogP contribution in [0.5, 0.6) is 0 Å². The fraction of sp³-hybridized carbons (Fsp3) is 0.812. The lowest BCUT2D eigenvalue weighted by Gasteiger charge is -2.29. The lowest BCUT2D eigenvalue weighted by atomic mass is 10.2. The lowest BCUT2D eigenvalue weighted by Crippen LogP contribution is -2.41. The predicted molar refractivity (Wildman–Crippen MR) is 105 cm³/mol. The van der Waals surface area contributed by atoms with Crippen molar-refractivity contribution in [2.45, 2.75) is 50.5 Å². The van der Waals surface area contributed by atoms with Crippen molar-refractivity contribution in [3.05, 3.63) is 16.3 Å². The highest BCUT2D eigenvalue weighted by Crippen LogP contribution is 2.36. The summed E-state index contributed by atoms with van der Waals surface area (Å²) in [6.45, 7) is 10.2. The number of unbranched alkanes of at least 4 members (excludes halogenated alkanes) is 2. The average Bonchev–Trinajstić information content (AvgIpc) is 2.56. The summed E-state index contributed by atoms with van der Waals surface area (Å²) < 4.78 is 115. The summed E-state index contributed by atoms with van der Waals surface area (Å²) in [6.07, 6.45) is 4.75. The quantitative estimate of drug-likeness (QED) is 0.134. The number of alkyl halides is 6. The van der Waals surface area contributed by atoms with Gasteiger partial charge in [0.1, 0.15) is 0 Å². The second-order valence-electron chi connectivity index (χ2n) is 7.28. The first-order valence-corrected chi connectivity index (χ1v) is 12.0. The van der Waals surface area contributed by atoms with Crippen molar-refractivity contribution < 1.29 is 57.2 Å². The molecular weight excluding hydrogens is 494 g/mol. The molecule has 0 aliphatic heterocycles. The van der Waals surface area contributed by atoms with E-state index >= 15 is 0 Å². The maximum absolute atomic E-state index is 11.4. The first kappa shape index (κ1) is 32.8. The van der Waals surface area contributed by atoms with Gasteiger partial charge in [-0.1, -0.05) is 19.9 Å². The van der Waals surface area contributed by atoms with Crippen LogP contribution in [0.15, 0.2) is 12.2 Å². The highest BCUT2D eigenvalue weighted by Gasteiger charge is 2.46. The maximum Gasteiger partial charge on any atom is 0.480 e. The van der Waals surface area contributed by atoms with Gasteiger partial charge in [0.05, 0.1) is 33.8 Å². The molecule has 0 heterocycles. The minimum Gasteiger partial charge on any atom is -0.462 e. The van der Waals surface area contributed by atoms with Gasteiger partial charge in [0.25, 0.3) is 0 Å². The van der Waals surface area contributed by atoms with E-state index in [2.05, 4.69) is 27.6 Å². The first-order valence-electron chi connectivity index (χ1n) is 9.11. The van der Waals surface area contributed by atoms with E-state index < -0.39 is 31.1 Å². The van der Waals surface area contributed by atoms with Crippen LogP contribution in [0, 0.1) is 0 Å². The molecule has 0 saturated carbocycles.